The smallest absolute Gasteiger partial charge is 0.341 e. The van der Waals surface area contributed by atoms with Crippen molar-refractivity contribution >= 4 is 5.97 Å². The minimum atomic E-state index is -0.929. The molecule has 0 aromatic heterocycles. The second-order valence-corrected chi connectivity index (χ2v) is 7.64. The number of carboxylic acids is 1. The number of ether oxygens (including phenoxy) is 1. The van der Waals surface area contributed by atoms with Crippen LogP contribution in [-0.4, -0.2) is 17.7 Å². The van der Waals surface area contributed by atoms with Gasteiger partial charge in [-0.2, -0.15) is 0 Å². The summed E-state index contributed by atoms with van der Waals surface area (Å²) in [6.45, 7) is 2.01. The Kier molecular flexibility index (Phi) is 14.5. The Morgan fingerprint density at radius 2 is 1.26 bits per heavy atom. The van der Waals surface area contributed by atoms with Crippen LogP contribution in [0.4, 0.5) is 0 Å². The fourth-order valence-electron chi connectivity index (χ4n) is 3.50. The molecule has 1 aromatic rings. The van der Waals surface area contributed by atoms with Crippen LogP contribution in [0.5, 0.6) is 5.75 Å². The molecule has 1 N–H and O–H groups in total. The minimum Gasteiger partial charge on any atom is -0.482 e. The van der Waals surface area contributed by atoms with Gasteiger partial charge in [0.1, 0.15) is 5.75 Å². The highest BCUT2D eigenvalue weighted by Crippen LogP contribution is 2.21. The van der Waals surface area contributed by atoms with Crippen molar-refractivity contribution < 1.29 is 14.6 Å². The zero-order valence-corrected chi connectivity index (χ0v) is 17.4. The van der Waals surface area contributed by atoms with Crippen molar-refractivity contribution in [1.29, 1.82) is 0 Å². The Morgan fingerprint density at radius 1 is 0.778 bits per heavy atom. The van der Waals surface area contributed by atoms with Crippen molar-refractivity contribution in [3.05, 3.63) is 29.8 Å². The van der Waals surface area contributed by atoms with Crippen LogP contribution in [0.1, 0.15) is 102 Å². The topological polar surface area (TPSA) is 46.5 Å². The second kappa shape index (κ2) is 16.6. The molecular weight excluding hydrogens is 336 g/mol. The van der Waals surface area contributed by atoms with Crippen molar-refractivity contribution in [3.8, 4) is 5.75 Å². The van der Waals surface area contributed by atoms with Gasteiger partial charge in [-0.1, -0.05) is 109 Å². The maximum atomic E-state index is 10.7. The molecule has 0 heterocycles. The molecule has 3 nitrogen and oxygen atoms in total. The number of aliphatic carboxylic acids is 1. The number of aryl methyl sites for hydroxylation is 1. The molecule has 0 saturated heterocycles. The standard InChI is InChI=1S/C24H40O3/c1-2-3-4-5-6-7-8-9-10-11-12-13-14-15-18-22-19-16-17-20-23(22)27-21-24(25)26/h16-17,19-20H,2-15,18,21H2,1H3,(H,25,26). The van der Waals surface area contributed by atoms with Gasteiger partial charge in [-0.25, -0.2) is 4.79 Å². The quantitative estimate of drug-likeness (QED) is 0.276. The van der Waals surface area contributed by atoms with E-state index >= 15 is 0 Å². The van der Waals surface area contributed by atoms with Crippen molar-refractivity contribution in [2.45, 2.75) is 103 Å². The summed E-state index contributed by atoms with van der Waals surface area (Å²) in [6.07, 6.45) is 20.0. The Hall–Kier alpha value is -1.51. The van der Waals surface area contributed by atoms with Gasteiger partial charge in [0.2, 0.25) is 0 Å². The molecule has 0 saturated carbocycles. The molecule has 0 unspecified atom stereocenters. The first-order chi connectivity index (χ1) is 13.2. The molecule has 3 heteroatoms. The predicted octanol–water partition coefficient (Wildman–Crippen LogP) is 7.17. The summed E-state index contributed by atoms with van der Waals surface area (Å²) in [5.74, 6) is -0.212. The lowest BCUT2D eigenvalue weighted by atomic mass is 10.0. The second-order valence-electron chi connectivity index (χ2n) is 7.64. The molecule has 154 valence electrons. The van der Waals surface area contributed by atoms with Gasteiger partial charge in [0.15, 0.2) is 6.61 Å². The largest absolute Gasteiger partial charge is 0.482 e. The van der Waals surface area contributed by atoms with Gasteiger partial charge in [0, 0.05) is 0 Å². The Balaban J connectivity index is 1.95. The first-order valence-electron chi connectivity index (χ1n) is 11.2. The van der Waals surface area contributed by atoms with E-state index in [1.54, 1.807) is 0 Å². The lowest BCUT2D eigenvalue weighted by molar-refractivity contribution is -0.139. The number of para-hydroxylation sites is 1. The zero-order chi connectivity index (χ0) is 19.6. The molecule has 0 amide bonds. The Labute approximate surface area is 166 Å². The zero-order valence-electron chi connectivity index (χ0n) is 17.4. The normalized spacial score (nSPS) is 10.9. The summed E-state index contributed by atoms with van der Waals surface area (Å²) in [5, 5.41) is 8.75. The van der Waals surface area contributed by atoms with Gasteiger partial charge in [0.25, 0.3) is 0 Å². The number of unbranched alkanes of at least 4 members (excludes halogenated alkanes) is 13. The van der Waals surface area contributed by atoms with E-state index in [9.17, 15) is 4.79 Å². The van der Waals surface area contributed by atoms with E-state index in [2.05, 4.69) is 6.92 Å². The summed E-state index contributed by atoms with van der Waals surface area (Å²) >= 11 is 0. The maximum absolute atomic E-state index is 10.7. The third-order valence-electron chi connectivity index (χ3n) is 5.12. The molecule has 0 aliphatic heterocycles. The van der Waals surface area contributed by atoms with E-state index < -0.39 is 5.97 Å². The van der Waals surface area contributed by atoms with E-state index in [1.807, 2.05) is 24.3 Å². The molecule has 1 rings (SSSR count). The van der Waals surface area contributed by atoms with E-state index in [4.69, 9.17) is 9.84 Å². The van der Waals surface area contributed by atoms with Gasteiger partial charge in [-0.05, 0) is 24.5 Å². The summed E-state index contributed by atoms with van der Waals surface area (Å²) in [6, 6.07) is 7.79. The Morgan fingerprint density at radius 3 is 1.78 bits per heavy atom. The molecule has 1 aromatic carbocycles. The third-order valence-corrected chi connectivity index (χ3v) is 5.12. The molecule has 0 atom stereocenters. The molecule has 0 radical (unpaired) electrons. The molecule has 0 fully saturated rings. The number of carbonyl (C=O) groups is 1. The van der Waals surface area contributed by atoms with E-state index in [-0.39, 0.29) is 6.61 Å². The summed E-state index contributed by atoms with van der Waals surface area (Å²) in [4.78, 5) is 10.7. The summed E-state index contributed by atoms with van der Waals surface area (Å²) in [5.41, 5.74) is 1.12. The molecule has 0 bridgehead atoms. The average Bonchev–Trinajstić information content (AvgIpc) is 2.67. The van der Waals surface area contributed by atoms with E-state index in [0.717, 1.165) is 24.2 Å². The number of benzene rings is 1. The summed E-state index contributed by atoms with van der Waals surface area (Å²) in [7, 11) is 0. The van der Waals surface area contributed by atoms with Crippen LogP contribution < -0.4 is 4.74 Å². The van der Waals surface area contributed by atoms with Crippen LogP contribution >= 0.6 is 0 Å². The van der Waals surface area contributed by atoms with Gasteiger partial charge in [-0.3, -0.25) is 0 Å². The van der Waals surface area contributed by atoms with Crippen LogP contribution in [0.25, 0.3) is 0 Å². The fourth-order valence-corrected chi connectivity index (χ4v) is 3.50. The van der Waals surface area contributed by atoms with E-state index in [1.165, 1.54) is 83.5 Å². The van der Waals surface area contributed by atoms with Crippen LogP contribution in [-0.2, 0) is 11.2 Å². The molecule has 0 aliphatic carbocycles. The summed E-state index contributed by atoms with van der Waals surface area (Å²) < 4.78 is 5.37. The number of rotatable bonds is 18. The monoisotopic (exact) mass is 376 g/mol. The lowest BCUT2D eigenvalue weighted by Gasteiger charge is -2.09. The maximum Gasteiger partial charge on any atom is 0.341 e. The van der Waals surface area contributed by atoms with Gasteiger partial charge >= 0.3 is 5.97 Å². The average molecular weight is 377 g/mol. The van der Waals surface area contributed by atoms with Gasteiger partial charge in [0.05, 0.1) is 0 Å². The Bertz CT molecular complexity index is 484. The van der Waals surface area contributed by atoms with Crippen molar-refractivity contribution in [2.75, 3.05) is 6.61 Å². The highest BCUT2D eigenvalue weighted by molar-refractivity contribution is 5.68. The van der Waals surface area contributed by atoms with Crippen molar-refractivity contribution in [3.63, 3.8) is 0 Å². The van der Waals surface area contributed by atoms with Crippen LogP contribution in [0, 0.1) is 0 Å². The predicted molar refractivity (Wildman–Crippen MR) is 114 cm³/mol. The third kappa shape index (κ3) is 13.3. The fraction of sp³-hybridized carbons (Fsp3) is 0.708. The first-order valence-corrected chi connectivity index (χ1v) is 11.2. The molecule has 0 spiro atoms. The van der Waals surface area contributed by atoms with E-state index in [0.29, 0.717) is 0 Å². The minimum absolute atomic E-state index is 0.268. The number of hydrogen-bond donors (Lipinski definition) is 1. The first kappa shape index (κ1) is 23.5. The number of carboxylic acid groups (broad SMARTS) is 1. The van der Waals surface area contributed by atoms with Crippen LogP contribution in [0.2, 0.25) is 0 Å². The van der Waals surface area contributed by atoms with Crippen LogP contribution in [0.15, 0.2) is 24.3 Å². The lowest BCUT2D eigenvalue weighted by Crippen LogP contribution is -2.10. The number of hydrogen-bond acceptors (Lipinski definition) is 2. The molecule has 27 heavy (non-hydrogen) atoms. The van der Waals surface area contributed by atoms with Crippen LogP contribution in [0.3, 0.4) is 0 Å². The SMILES string of the molecule is CCCCCCCCCCCCCCCCc1ccccc1OCC(=O)O. The van der Waals surface area contributed by atoms with Gasteiger partial charge in [-0.15, -0.1) is 0 Å². The molecule has 0 aliphatic rings. The van der Waals surface area contributed by atoms with Crippen molar-refractivity contribution in [1.82, 2.24) is 0 Å². The van der Waals surface area contributed by atoms with Gasteiger partial charge < -0.3 is 9.84 Å². The van der Waals surface area contributed by atoms with Crippen molar-refractivity contribution in [2.24, 2.45) is 0 Å². The molecular formula is C24H40O3. The highest BCUT2D eigenvalue weighted by atomic mass is 16.5. The highest BCUT2D eigenvalue weighted by Gasteiger charge is 2.05.